The molecule has 1 aromatic carbocycles. The summed E-state index contributed by atoms with van der Waals surface area (Å²) in [6, 6.07) is 11.7. The van der Waals surface area contributed by atoms with Crippen LogP contribution in [0.3, 0.4) is 0 Å². The molecule has 0 spiro atoms. The predicted octanol–water partition coefficient (Wildman–Crippen LogP) is 3.05. The molecule has 3 rings (SSSR count). The highest BCUT2D eigenvalue weighted by Crippen LogP contribution is 2.33. The summed E-state index contributed by atoms with van der Waals surface area (Å²) in [7, 11) is 3.31. The first-order valence-electron chi connectivity index (χ1n) is 8.60. The predicted molar refractivity (Wildman–Crippen MR) is 96.0 cm³/mol. The maximum absolute atomic E-state index is 12.5. The van der Waals surface area contributed by atoms with E-state index in [2.05, 4.69) is 4.98 Å². The van der Waals surface area contributed by atoms with Gasteiger partial charge < -0.3 is 14.4 Å². The van der Waals surface area contributed by atoms with Crippen molar-refractivity contribution in [2.24, 2.45) is 0 Å². The van der Waals surface area contributed by atoms with Gasteiger partial charge in [-0.2, -0.15) is 0 Å². The zero-order valence-corrected chi connectivity index (χ0v) is 14.8. The monoisotopic (exact) mass is 340 g/mol. The molecule has 0 saturated carbocycles. The van der Waals surface area contributed by atoms with Crippen LogP contribution in [0.25, 0.3) is 0 Å². The van der Waals surface area contributed by atoms with Gasteiger partial charge in [0.05, 0.1) is 14.2 Å². The first kappa shape index (κ1) is 17.3. The summed E-state index contributed by atoms with van der Waals surface area (Å²) in [5.74, 6) is 2.09. The molecule has 25 heavy (non-hydrogen) atoms. The zero-order valence-electron chi connectivity index (χ0n) is 14.8. The van der Waals surface area contributed by atoms with E-state index in [0.29, 0.717) is 18.8 Å². The number of ether oxygens (including phenoxy) is 2. The van der Waals surface area contributed by atoms with E-state index < -0.39 is 0 Å². The fraction of sp³-hybridized carbons (Fsp3) is 0.400. The lowest BCUT2D eigenvalue weighted by atomic mass is 9.98. The van der Waals surface area contributed by atoms with E-state index in [0.717, 1.165) is 42.3 Å². The number of amides is 1. The van der Waals surface area contributed by atoms with Gasteiger partial charge in [-0.05, 0) is 42.7 Å². The Morgan fingerprint density at radius 2 is 1.96 bits per heavy atom. The molecule has 0 aliphatic carbocycles. The van der Waals surface area contributed by atoms with Crippen molar-refractivity contribution in [3.8, 4) is 11.5 Å². The van der Waals surface area contributed by atoms with Crippen LogP contribution in [0.1, 0.15) is 30.0 Å². The Bertz CT molecular complexity index is 696. The molecule has 0 N–H and O–H groups in total. The number of aryl methyl sites for hydroxylation is 1. The van der Waals surface area contributed by atoms with E-state index in [1.165, 1.54) is 0 Å². The molecule has 1 aliphatic heterocycles. The maximum Gasteiger partial charge on any atom is 0.222 e. The average Bonchev–Trinajstić information content (AvgIpc) is 3.17. The van der Waals surface area contributed by atoms with Gasteiger partial charge in [0.1, 0.15) is 11.5 Å². The molecule has 2 aromatic rings. The third-order valence-corrected chi connectivity index (χ3v) is 4.71. The summed E-state index contributed by atoms with van der Waals surface area (Å²) in [5, 5.41) is 0. The van der Waals surface area contributed by atoms with Gasteiger partial charge in [-0.3, -0.25) is 9.78 Å². The number of nitrogens with zero attached hydrogens (tertiary/aromatic N) is 2. The molecule has 1 aromatic heterocycles. The van der Waals surface area contributed by atoms with Crippen molar-refractivity contribution in [2.75, 3.05) is 27.3 Å². The molecule has 1 atom stereocenters. The molecule has 0 unspecified atom stereocenters. The maximum atomic E-state index is 12.5. The van der Waals surface area contributed by atoms with E-state index in [1.807, 2.05) is 41.3 Å². The minimum Gasteiger partial charge on any atom is -0.497 e. The third-order valence-electron chi connectivity index (χ3n) is 4.71. The normalized spacial score (nSPS) is 16.7. The van der Waals surface area contributed by atoms with Crippen LogP contribution in [0, 0.1) is 0 Å². The summed E-state index contributed by atoms with van der Waals surface area (Å²) < 4.78 is 10.7. The van der Waals surface area contributed by atoms with Crippen LogP contribution in [0.5, 0.6) is 11.5 Å². The van der Waals surface area contributed by atoms with Gasteiger partial charge in [0, 0.05) is 43.4 Å². The Kier molecular flexibility index (Phi) is 5.53. The van der Waals surface area contributed by atoms with Crippen LogP contribution >= 0.6 is 0 Å². The van der Waals surface area contributed by atoms with Crippen molar-refractivity contribution >= 4 is 5.91 Å². The van der Waals surface area contributed by atoms with E-state index in [-0.39, 0.29) is 5.91 Å². The molecule has 1 amide bonds. The third kappa shape index (κ3) is 4.29. The summed E-state index contributed by atoms with van der Waals surface area (Å²) in [5.41, 5.74) is 2.13. The van der Waals surface area contributed by atoms with Crippen LogP contribution < -0.4 is 9.47 Å². The van der Waals surface area contributed by atoms with Crippen molar-refractivity contribution in [3.63, 3.8) is 0 Å². The van der Waals surface area contributed by atoms with Crippen molar-refractivity contribution in [1.29, 1.82) is 0 Å². The van der Waals surface area contributed by atoms with Gasteiger partial charge in [0.15, 0.2) is 0 Å². The molecule has 1 fully saturated rings. The molecule has 5 nitrogen and oxygen atoms in total. The van der Waals surface area contributed by atoms with E-state index in [1.54, 1.807) is 20.4 Å². The Hall–Kier alpha value is -2.56. The SMILES string of the molecule is COc1cc(OC)cc([C@@H]2CCN(C(=O)CCc3ccccn3)C2)c1. The van der Waals surface area contributed by atoms with Gasteiger partial charge in [-0.15, -0.1) is 0 Å². The zero-order chi connectivity index (χ0) is 17.6. The minimum atomic E-state index is 0.197. The van der Waals surface area contributed by atoms with Gasteiger partial charge in [-0.1, -0.05) is 6.07 Å². The highest BCUT2D eigenvalue weighted by atomic mass is 16.5. The number of carbonyl (C=O) groups excluding carboxylic acids is 1. The molecule has 1 saturated heterocycles. The molecule has 0 bridgehead atoms. The molecular weight excluding hydrogens is 316 g/mol. The fourth-order valence-corrected chi connectivity index (χ4v) is 3.26. The highest BCUT2D eigenvalue weighted by molar-refractivity contribution is 5.76. The lowest BCUT2D eigenvalue weighted by molar-refractivity contribution is -0.130. The van der Waals surface area contributed by atoms with Crippen LogP contribution in [-0.2, 0) is 11.2 Å². The fourth-order valence-electron chi connectivity index (χ4n) is 3.26. The van der Waals surface area contributed by atoms with E-state index >= 15 is 0 Å². The van der Waals surface area contributed by atoms with Crippen LogP contribution in [0.4, 0.5) is 0 Å². The van der Waals surface area contributed by atoms with Gasteiger partial charge >= 0.3 is 0 Å². The number of pyridine rings is 1. The molecule has 2 heterocycles. The topological polar surface area (TPSA) is 51.7 Å². The van der Waals surface area contributed by atoms with Gasteiger partial charge in [0.25, 0.3) is 0 Å². The van der Waals surface area contributed by atoms with Crippen molar-refractivity contribution in [3.05, 3.63) is 53.9 Å². The lowest BCUT2D eigenvalue weighted by Gasteiger charge is -2.17. The van der Waals surface area contributed by atoms with Gasteiger partial charge in [-0.25, -0.2) is 0 Å². The largest absolute Gasteiger partial charge is 0.497 e. The van der Waals surface area contributed by atoms with Crippen LogP contribution in [0.2, 0.25) is 0 Å². The quantitative estimate of drug-likeness (QED) is 0.811. The Morgan fingerprint density at radius 3 is 2.60 bits per heavy atom. The number of likely N-dealkylation sites (tertiary alicyclic amines) is 1. The van der Waals surface area contributed by atoms with Crippen LogP contribution in [0.15, 0.2) is 42.6 Å². The van der Waals surface area contributed by atoms with Crippen LogP contribution in [-0.4, -0.2) is 43.1 Å². The molecule has 1 aliphatic rings. The average molecular weight is 340 g/mol. The van der Waals surface area contributed by atoms with E-state index in [9.17, 15) is 4.79 Å². The summed E-state index contributed by atoms with van der Waals surface area (Å²) in [6.45, 7) is 1.54. The second-order valence-electron chi connectivity index (χ2n) is 6.29. The number of carbonyl (C=O) groups is 1. The Morgan fingerprint density at radius 1 is 1.20 bits per heavy atom. The summed E-state index contributed by atoms with van der Waals surface area (Å²) in [4.78, 5) is 18.7. The van der Waals surface area contributed by atoms with Crippen molar-refractivity contribution in [1.82, 2.24) is 9.88 Å². The van der Waals surface area contributed by atoms with Crippen molar-refractivity contribution < 1.29 is 14.3 Å². The van der Waals surface area contributed by atoms with E-state index in [4.69, 9.17) is 9.47 Å². The number of rotatable bonds is 6. The number of methoxy groups -OCH3 is 2. The highest BCUT2D eigenvalue weighted by Gasteiger charge is 2.27. The van der Waals surface area contributed by atoms with Crippen molar-refractivity contribution in [2.45, 2.75) is 25.2 Å². The first-order chi connectivity index (χ1) is 12.2. The number of hydrogen-bond donors (Lipinski definition) is 0. The Labute approximate surface area is 148 Å². The molecule has 5 heteroatoms. The molecule has 0 radical (unpaired) electrons. The summed E-state index contributed by atoms with van der Waals surface area (Å²) >= 11 is 0. The number of aromatic nitrogens is 1. The minimum absolute atomic E-state index is 0.197. The molecule has 132 valence electrons. The second-order valence-corrected chi connectivity index (χ2v) is 6.29. The lowest BCUT2D eigenvalue weighted by Crippen LogP contribution is -2.28. The summed E-state index contributed by atoms with van der Waals surface area (Å²) in [6.07, 6.45) is 3.92. The molecular formula is C20H24N2O3. The smallest absolute Gasteiger partial charge is 0.222 e. The second kappa shape index (κ2) is 8.01. The number of benzene rings is 1. The Balaban J connectivity index is 1.60. The number of hydrogen-bond acceptors (Lipinski definition) is 4. The standard InChI is InChI=1S/C20H24N2O3/c1-24-18-11-16(12-19(13-18)25-2)15-8-10-22(14-15)20(23)7-6-17-5-3-4-9-21-17/h3-5,9,11-13,15H,6-8,10,14H2,1-2H3/t15-/m1/s1. The first-order valence-corrected chi connectivity index (χ1v) is 8.60. The van der Waals surface area contributed by atoms with Gasteiger partial charge in [0.2, 0.25) is 5.91 Å².